The summed E-state index contributed by atoms with van der Waals surface area (Å²) in [6.45, 7) is 5.29. The summed E-state index contributed by atoms with van der Waals surface area (Å²) in [5.41, 5.74) is 1.24. The van der Waals surface area contributed by atoms with E-state index in [0.29, 0.717) is 17.2 Å². The first kappa shape index (κ1) is 19.7. The van der Waals surface area contributed by atoms with E-state index >= 15 is 0 Å². The molecule has 6 nitrogen and oxygen atoms in total. The lowest BCUT2D eigenvalue weighted by Gasteiger charge is -2.31. The number of hydrogen-bond donors (Lipinski definition) is 1. The third-order valence-corrected chi connectivity index (χ3v) is 5.19. The van der Waals surface area contributed by atoms with Gasteiger partial charge in [0.2, 0.25) is 11.8 Å². The Balaban J connectivity index is 1.84. The van der Waals surface area contributed by atoms with E-state index in [0.717, 1.165) is 17.7 Å². The Morgan fingerprint density at radius 1 is 1.11 bits per heavy atom. The molecule has 0 saturated carbocycles. The molecule has 0 radical (unpaired) electrons. The van der Waals surface area contributed by atoms with Gasteiger partial charge in [-0.15, -0.1) is 0 Å². The maximum atomic E-state index is 13.3. The van der Waals surface area contributed by atoms with Crippen LogP contribution in [0.25, 0.3) is 0 Å². The highest BCUT2D eigenvalue weighted by atomic mass is 16.5. The minimum absolute atomic E-state index is 0.00694. The summed E-state index contributed by atoms with van der Waals surface area (Å²) in [6, 6.07) is 12.9. The fourth-order valence-corrected chi connectivity index (χ4v) is 3.45. The van der Waals surface area contributed by atoms with Crippen molar-refractivity contribution in [3.8, 4) is 11.5 Å². The molecule has 2 aromatic rings. The fourth-order valence-electron chi connectivity index (χ4n) is 3.45. The maximum Gasteiger partial charge on any atom is 0.242 e. The van der Waals surface area contributed by atoms with Gasteiger partial charge in [-0.2, -0.15) is 0 Å². The molecule has 1 aliphatic rings. The van der Waals surface area contributed by atoms with Crippen LogP contribution >= 0.6 is 0 Å². The molecule has 0 saturated heterocycles. The second-order valence-corrected chi connectivity index (χ2v) is 7.50. The number of rotatable bonds is 5. The zero-order valence-corrected chi connectivity index (χ0v) is 16.9. The van der Waals surface area contributed by atoms with Gasteiger partial charge in [-0.05, 0) is 51.0 Å². The normalized spacial score (nSPS) is 15.8. The smallest absolute Gasteiger partial charge is 0.242 e. The number of carbonyl (C=O) groups excluding carboxylic acids is 2. The van der Waals surface area contributed by atoms with Crippen LogP contribution in [-0.2, 0) is 16.0 Å². The zero-order chi connectivity index (χ0) is 20.5. The van der Waals surface area contributed by atoms with Crippen molar-refractivity contribution in [2.75, 3.05) is 24.4 Å². The van der Waals surface area contributed by atoms with Crippen LogP contribution in [0.3, 0.4) is 0 Å². The minimum Gasteiger partial charge on any atom is -0.497 e. The van der Waals surface area contributed by atoms with Crippen LogP contribution in [-0.4, -0.2) is 32.1 Å². The molecule has 3 rings (SSSR count). The Morgan fingerprint density at radius 2 is 1.82 bits per heavy atom. The van der Waals surface area contributed by atoms with Crippen molar-refractivity contribution in [1.82, 2.24) is 0 Å². The number of ether oxygens (including phenoxy) is 2. The minimum atomic E-state index is -1.25. The number of amides is 2. The molecule has 0 bridgehead atoms. The summed E-state index contributed by atoms with van der Waals surface area (Å²) >= 11 is 0. The monoisotopic (exact) mass is 382 g/mol. The first-order chi connectivity index (χ1) is 13.3. The summed E-state index contributed by atoms with van der Waals surface area (Å²) in [7, 11) is 3.08. The van der Waals surface area contributed by atoms with E-state index in [1.165, 1.54) is 7.11 Å². The van der Waals surface area contributed by atoms with Crippen LogP contribution in [0.4, 0.5) is 11.4 Å². The summed E-state index contributed by atoms with van der Waals surface area (Å²) in [5.74, 6) is 0.469. The van der Waals surface area contributed by atoms with E-state index < -0.39 is 11.3 Å². The fraction of sp³-hybridized carbons (Fsp3) is 0.364. The standard InChI is InChI=1S/C22H26N2O4/c1-14-12-15-8-6-7-9-18(15)24(14)21(26)22(2,3)20(25)23-17-11-10-16(27-4)13-19(17)28-5/h6-11,13-14H,12H2,1-5H3,(H,23,25). The van der Waals surface area contributed by atoms with Crippen LogP contribution in [0.5, 0.6) is 11.5 Å². The average Bonchev–Trinajstić information content (AvgIpc) is 3.02. The largest absolute Gasteiger partial charge is 0.497 e. The molecule has 1 N–H and O–H groups in total. The number of nitrogens with zero attached hydrogens (tertiary/aromatic N) is 1. The lowest BCUT2D eigenvalue weighted by atomic mass is 9.89. The number of methoxy groups -OCH3 is 2. The van der Waals surface area contributed by atoms with Crippen LogP contribution in [0, 0.1) is 5.41 Å². The molecular formula is C22H26N2O4. The lowest BCUT2D eigenvalue weighted by molar-refractivity contribution is -0.136. The Morgan fingerprint density at radius 3 is 2.50 bits per heavy atom. The van der Waals surface area contributed by atoms with Gasteiger partial charge in [0.05, 0.1) is 19.9 Å². The van der Waals surface area contributed by atoms with Crippen molar-refractivity contribution in [3.05, 3.63) is 48.0 Å². The SMILES string of the molecule is COc1ccc(NC(=O)C(C)(C)C(=O)N2c3ccccc3CC2C)c(OC)c1. The van der Waals surface area contributed by atoms with Crippen LogP contribution < -0.4 is 19.7 Å². The average molecular weight is 382 g/mol. The summed E-state index contributed by atoms with van der Waals surface area (Å²) in [5, 5.41) is 2.83. The number of nitrogens with one attached hydrogen (secondary N) is 1. The number of para-hydroxylation sites is 1. The molecule has 0 aromatic heterocycles. The quantitative estimate of drug-likeness (QED) is 0.802. The Bertz CT molecular complexity index is 907. The molecule has 148 valence electrons. The van der Waals surface area contributed by atoms with Gasteiger partial charge in [0.15, 0.2) is 0 Å². The van der Waals surface area contributed by atoms with Gasteiger partial charge < -0.3 is 19.7 Å². The number of benzene rings is 2. The number of carbonyl (C=O) groups is 2. The highest BCUT2D eigenvalue weighted by molar-refractivity contribution is 6.15. The summed E-state index contributed by atoms with van der Waals surface area (Å²) in [4.78, 5) is 28.1. The van der Waals surface area contributed by atoms with E-state index in [4.69, 9.17) is 9.47 Å². The zero-order valence-electron chi connectivity index (χ0n) is 16.9. The maximum absolute atomic E-state index is 13.3. The molecule has 2 amide bonds. The van der Waals surface area contributed by atoms with E-state index in [1.807, 2.05) is 31.2 Å². The van der Waals surface area contributed by atoms with Crippen LogP contribution in [0.15, 0.2) is 42.5 Å². The number of fused-ring (bicyclic) bond motifs is 1. The number of hydrogen-bond acceptors (Lipinski definition) is 4. The first-order valence-electron chi connectivity index (χ1n) is 9.24. The van der Waals surface area contributed by atoms with Gasteiger partial charge in [0.1, 0.15) is 16.9 Å². The second-order valence-electron chi connectivity index (χ2n) is 7.50. The van der Waals surface area contributed by atoms with Crippen molar-refractivity contribution in [2.24, 2.45) is 5.41 Å². The molecular weight excluding hydrogens is 356 g/mol. The van der Waals surface area contributed by atoms with Gasteiger partial charge in [-0.3, -0.25) is 9.59 Å². The van der Waals surface area contributed by atoms with E-state index in [2.05, 4.69) is 5.32 Å². The molecule has 28 heavy (non-hydrogen) atoms. The molecule has 1 heterocycles. The highest BCUT2D eigenvalue weighted by Gasteiger charge is 2.43. The van der Waals surface area contributed by atoms with Crippen molar-refractivity contribution >= 4 is 23.2 Å². The second kappa shape index (κ2) is 7.54. The van der Waals surface area contributed by atoms with Crippen LogP contribution in [0.1, 0.15) is 26.3 Å². The van der Waals surface area contributed by atoms with Gasteiger partial charge in [0.25, 0.3) is 0 Å². The molecule has 1 unspecified atom stereocenters. The molecule has 0 spiro atoms. The molecule has 2 aromatic carbocycles. The summed E-state index contributed by atoms with van der Waals surface area (Å²) in [6.07, 6.45) is 0.784. The predicted molar refractivity (Wildman–Crippen MR) is 109 cm³/mol. The molecule has 1 atom stereocenters. The molecule has 1 aliphatic heterocycles. The van der Waals surface area contributed by atoms with Gasteiger partial charge in [0, 0.05) is 17.8 Å². The molecule has 0 aliphatic carbocycles. The predicted octanol–water partition coefficient (Wildman–Crippen LogP) is 3.65. The lowest BCUT2D eigenvalue weighted by Crippen LogP contribution is -2.49. The van der Waals surface area contributed by atoms with Gasteiger partial charge in [-0.1, -0.05) is 18.2 Å². The van der Waals surface area contributed by atoms with Crippen molar-refractivity contribution in [3.63, 3.8) is 0 Å². The molecule has 6 heteroatoms. The number of anilines is 2. The highest BCUT2D eigenvalue weighted by Crippen LogP contribution is 2.36. The Hall–Kier alpha value is -3.02. The van der Waals surface area contributed by atoms with Gasteiger partial charge in [-0.25, -0.2) is 0 Å². The summed E-state index contributed by atoms with van der Waals surface area (Å²) < 4.78 is 10.5. The molecule has 0 fully saturated rings. The van der Waals surface area contributed by atoms with Crippen LogP contribution in [0.2, 0.25) is 0 Å². The van der Waals surface area contributed by atoms with Gasteiger partial charge >= 0.3 is 0 Å². The Kier molecular flexibility index (Phi) is 5.31. The van der Waals surface area contributed by atoms with E-state index in [-0.39, 0.29) is 11.9 Å². The Labute approximate surface area is 165 Å². The van der Waals surface area contributed by atoms with Crippen molar-refractivity contribution in [2.45, 2.75) is 33.2 Å². The van der Waals surface area contributed by atoms with Crippen molar-refractivity contribution in [1.29, 1.82) is 0 Å². The van der Waals surface area contributed by atoms with E-state index in [9.17, 15) is 9.59 Å². The third kappa shape index (κ3) is 3.42. The third-order valence-electron chi connectivity index (χ3n) is 5.19. The van der Waals surface area contributed by atoms with E-state index in [1.54, 1.807) is 44.1 Å². The first-order valence-corrected chi connectivity index (χ1v) is 9.24. The van der Waals surface area contributed by atoms with Crippen molar-refractivity contribution < 1.29 is 19.1 Å². The topological polar surface area (TPSA) is 67.9 Å².